The number of benzene rings is 1. The molecular weight excluding hydrogens is 333 g/mol. The number of halogens is 3. The van der Waals surface area contributed by atoms with Gasteiger partial charge in [0.25, 0.3) is 5.91 Å². The van der Waals surface area contributed by atoms with Crippen molar-refractivity contribution in [3.05, 3.63) is 34.1 Å². The van der Waals surface area contributed by atoms with Crippen LogP contribution in [0.3, 0.4) is 0 Å². The van der Waals surface area contributed by atoms with Gasteiger partial charge in [0.1, 0.15) is 5.82 Å². The van der Waals surface area contributed by atoms with Crippen molar-refractivity contribution in [2.24, 2.45) is 5.41 Å². The zero-order valence-electron chi connectivity index (χ0n) is 11.3. The lowest BCUT2D eigenvalue weighted by Gasteiger charge is -2.31. The summed E-state index contributed by atoms with van der Waals surface area (Å²) in [7, 11) is 0. The van der Waals surface area contributed by atoms with Crippen LogP contribution < -0.4 is 5.32 Å². The van der Waals surface area contributed by atoms with E-state index in [0.717, 1.165) is 0 Å². The summed E-state index contributed by atoms with van der Waals surface area (Å²) in [6.07, 6.45) is 0.645. The quantitative estimate of drug-likeness (QED) is 0.803. The molecular formula is C14H18BrClFNO. The smallest absolute Gasteiger partial charge is 0.254 e. The van der Waals surface area contributed by atoms with Crippen LogP contribution in [0.4, 0.5) is 4.39 Å². The number of amides is 1. The zero-order chi connectivity index (χ0) is 14.6. The number of carbonyl (C=O) groups excluding carboxylic acids is 1. The summed E-state index contributed by atoms with van der Waals surface area (Å²) in [5.74, 6) is -0.494. The van der Waals surface area contributed by atoms with Crippen LogP contribution in [-0.2, 0) is 0 Å². The average molecular weight is 351 g/mol. The van der Waals surface area contributed by atoms with E-state index in [4.69, 9.17) is 11.6 Å². The second-order valence-electron chi connectivity index (χ2n) is 5.49. The minimum atomic E-state index is -0.528. The van der Waals surface area contributed by atoms with Gasteiger partial charge in [0.2, 0.25) is 0 Å². The van der Waals surface area contributed by atoms with Crippen molar-refractivity contribution >= 4 is 33.4 Å². The third-order valence-corrected chi connectivity index (χ3v) is 3.63. The Kier molecular flexibility index (Phi) is 5.81. The van der Waals surface area contributed by atoms with Crippen molar-refractivity contribution in [2.45, 2.75) is 33.2 Å². The Hall–Kier alpha value is -0.610. The van der Waals surface area contributed by atoms with Gasteiger partial charge in [0.15, 0.2) is 0 Å². The number of alkyl halides is 1. The SMILES string of the molecule is CC(C)(C)C(CCCl)NC(=O)c1cc(Br)ccc1F. The first-order valence-corrected chi connectivity index (χ1v) is 7.40. The van der Waals surface area contributed by atoms with Crippen LogP contribution in [0.1, 0.15) is 37.6 Å². The predicted octanol–water partition coefficient (Wildman–Crippen LogP) is 4.36. The van der Waals surface area contributed by atoms with Gasteiger partial charge < -0.3 is 5.32 Å². The Bertz CT molecular complexity index is 459. The van der Waals surface area contributed by atoms with Gasteiger partial charge >= 0.3 is 0 Å². The number of hydrogen-bond donors (Lipinski definition) is 1. The van der Waals surface area contributed by atoms with Crippen LogP contribution >= 0.6 is 27.5 Å². The van der Waals surface area contributed by atoms with Crippen molar-refractivity contribution in [1.82, 2.24) is 5.32 Å². The van der Waals surface area contributed by atoms with Gasteiger partial charge in [0, 0.05) is 16.4 Å². The minimum absolute atomic E-state index is 0.0400. The molecule has 0 aliphatic rings. The van der Waals surface area contributed by atoms with Crippen molar-refractivity contribution in [3.8, 4) is 0 Å². The Morgan fingerprint density at radius 3 is 2.63 bits per heavy atom. The molecule has 2 nitrogen and oxygen atoms in total. The molecule has 0 spiro atoms. The average Bonchev–Trinajstić information content (AvgIpc) is 2.30. The van der Waals surface area contributed by atoms with Gasteiger partial charge in [-0.2, -0.15) is 0 Å². The van der Waals surface area contributed by atoms with E-state index in [0.29, 0.717) is 16.8 Å². The highest BCUT2D eigenvalue weighted by molar-refractivity contribution is 9.10. The molecule has 1 aromatic carbocycles. The maximum atomic E-state index is 13.6. The molecule has 19 heavy (non-hydrogen) atoms. The molecule has 0 radical (unpaired) electrons. The number of rotatable bonds is 4. The predicted molar refractivity (Wildman–Crippen MR) is 80.1 cm³/mol. The monoisotopic (exact) mass is 349 g/mol. The summed E-state index contributed by atoms with van der Waals surface area (Å²) >= 11 is 8.99. The second-order valence-corrected chi connectivity index (χ2v) is 6.79. The lowest BCUT2D eigenvalue weighted by molar-refractivity contribution is 0.0896. The Morgan fingerprint density at radius 1 is 1.47 bits per heavy atom. The molecule has 0 saturated carbocycles. The number of hydrogen-bond acceptors (Lipinski definition) is 1. The summed E-state index contributed by atoms with van der Waals surface area (Å²) in [5.41, 5.74) is -0.0919. The minimum Gasteiger partial charge on any atom is -0.349 e. The van der Waals surface area contributed by atoms with E-state index in [2.05, 4.69) is 21.2 Å². The number of carbonyl (C=O) groups is 1. The molecule has 0 aliphatic heterocycles. The van der Waals surface area contributed by atoms with Crippen LogP contribution in [0.2, 0.25) is 0 Å². The maximum absolute atomic E-state index is 13.6. The van der Waals surface area contributed by atoms with E-state index in [9.17, 15) is 9.18 Å². The lowest BCUT2D eigenvalue weighted by atomic mass is 9.85. The first kappa shape index (κ1) is 16.4. The Morgan fingerprint density at radius 2 is 2.11 bits per heavy atom. The summed E-state index contributed by atoms with van der Waals surface area (Å²) in [6, 6.07) is 4.21. The van der Waals surface area contributed by atoms with E-state index in [1.165, 1.54) is 12.1 Å². The zero-order valence-corrected chi connectivity index (χ0v) is 13.6. The second kappa shape index (κ2) is 6.71. The third kappa shape index (κ3) is 4.77. The topological polar surface area (TPSA) is 29.1 Å². The summed E-state index contributed by atoms with van der Waals surface area (Å²) in [5, 5.41) is 2.86. The normalized spacial score (nSPS) is 13.2. The van der Waals surface area contributed by atoms with E-state index >= 15 is 0 Å². The van der Waals surface area contributed by atoms with Gasteiger partial charge in [-0.05, 0) is 30.0 Å². The molecule has 0 aliphatic carbocycles. The molecule has 106 valence electrons. The van der Waals surface area contributed by atoms with Gasteiger partial charge in [0.05, 0.1) is 5.56 Å². The van der Waals surface area contributed by atoms with Gasteiger partial charge in [-0.3, -0.25) is 4.79 Å². The molecule has 1 N–H and O–H groups in total. The fourth-order valence-corrected chi connectivity index (χ4v) is 2.32. The van der Waals surface area contributed by atoms with Crippen molar-refractivity contribution in [2.75, 3.05) is 5.88 Å². The highest BCUT2D eigenvalue weighted by Crippen LogP contribution is 2.23. The summed E-state index contributed by atoms with van der Waals surface area (Å²) in [6.45, 7) is 6.05. The van der Waals surface area contributed by atoms with Crippen molar-refractivity contribution < 1.29 is 9.18 Å². The largest absolute Gasteiger partial charge is 0.349 e. The van der Waals surface area contributed by atoms with E-state index in [1.807, 2.05) is 20.8 Å². The Balaban J connectivity index is 2.91. The van der Waals surface area contributed by atoms with Crippen LogP contribution in [0.5, 0.6) is 0 Å². The van der Waals surface area contributed by atoms with E-state index < -0.39 is 11.7 Å². The molecule has 0 saturated heterocycles. The summed E-state index contributed by atoms with van der Waals surface area (Å²) < 4.78 is 14.3. The Labute approximate surface area is 126 Å². The van der Waals surface area contributed by atoms with Crippen LogP contribution in [0.15, 0.2) is 22.7 Å². The molecule has 0 heterocycles. The van der Waals surface area contributed by atoms with Crippen LogP contribution in [0, 0.1) is 11.2 Å². The van der Waals surface area contributed by atoms with Crippen LogP contribution in [-0.4, -0.2) is 17.8 Å². The van der Waals surface area contributed by atoms with Gasteiger partial charge in [-0.1, -0.05) is 36.7 Å². The molecule has 0 bridgehead atoms. The molecule has 1 aromatic rings. The maximum Gasteiger partial charge on any atom is 0.254 e. The molecule has 0 aromatic heterocycles. The fourth-order valence-electron chi connectivity index (χ4n) is 1.74. The van der Waals surface area contributed by atoms with Gasteiger partial charge in [-0.15, -0.1) is 11.6 Å². The molecule has 1 unspecified atom stereocenters. The van der Waals surface area contributed by atoms with E-state index in [1.54, 1.807) is 6.07 Å². The first-order valence-electron chi connectivity index (χ1n) is 6.07. The molecule has 1 amide bonds. The van der Waals surface area contributed by atoms with Crippen molar-refractivity contribution in [3.63, 3.8) is 0 Å². The molecule has 1 rings (SSSR count). The standard InChI is InChI=1S/C14H18BrClFNO/c1-14(2,3)12(6-7-16)18-13(19)10-8-9(15)4-5-11(10)17/h4-5,8,12H,6-7H2,1-3H3,(H,18,19). The molecule has 5 heteroatoms. The van der Waals surface area contributed by atoms with Gasteiger partial charge in [-0.25, -0.2) is 4.39 Å². The van der Waals surface area contributed by atoms with Crippen molar-refractivity contribution in [1.29, 1.82) is 0 Å². The third-order valence-electron chi connectivity index (χ3n) is 2.92. The lowest BCUT2D eigenvalue weighted by Crippen LogP contribution is -2.44. The summed E-state index contributed by atoms with van der Waals surface area (Å²) in [4.78, 5) is 12.1. The molecule has 1 atom stereocenters. The van der Waals surface area contributed by atoms with Crippen LogP contribution in [0.25, 0.3) is 0 Å². The van der Waals surface area contributed by atoms with E-state index in [-0.39, 0.29) is 17.0 Å². The highest BCUT2D eigenvalue weighted by Gasteiger charge is 2.26. The molecule has 0 fully saturated rings. The highest BCUT2D eigenvalue weighted by atomic mass is 79.9. The fraction of sp³-hybridized carbons (Fsp3) is 0.500. The first-order chi connectivity index (χ1) is 8.75. The number of nitrogens with one attached hydrogen (secondary N) is 1.